The van der Waals surface area contributed by atoms with Crippen LogP contribution in [0.3, 0.4) is 0 Å². The Balaban J connectivity index is 1.51. The molecule has 0 aliphatic carbocycles. The Morgan fingerprint density at radius 3 is 2.76 bits per heavy atom. The maximum atomic E-state index is 13.0. The number of H-pyrrole nitrogens is 1. The zero-order valence-electron chi connectivity index (χ0n) is 16.5. The van der Waals surface area contributed by atoms with Gasteiger partial charge in [-0.2, -0.15) is 11.8 Å². The van der Waals surface area contributed by atoms with Crippen LogP contribution in [0.4, 0.5) is 0 Å². The fraction of sp³-hybridized carbons (Fsp3) is 0.318. The Labute approximate surface area is 174 Å². The van der Waals surface area contributed by atoms with Crippen molar-refractivity contribution < 1.29 is 9.59 Å². The largest absolute Gasteiger partial charge is 0.344 e. The van der Waals surface area contributed by atoms with Crippen LogP contribution in [0.5, 0.6) is 0 Å². The number of hydrogen-bond donors (Lipinski definition) is 2. The van der Waals surface area contributed by atoms with Gasteiger partial charge in [-0.1, -0.05) is 30.3 Å². The Kier molecular flexibility index (Phi) is 5.58. The van der Waals surface area contributed by atoms with Crippen LogP contribution >= 0.6 is 11.8 Å². The molecule has 0 radical (unpaired) electrons. The second-order valence-electron chi connectivity index (χ2n) is 7.25. The molecule has 0 unspecified atom stereocenters. The van der Waals surface area contributed by atoms with E-state index < -0.39 is 6.04 Å². The lowest BCUT2D eigenvalue weighted by Crippen LogP contribution is -2.46. The van der Waals surface area contributed by atoms with Gasteiger partial charge < -0.3 is 15.2 Å². The third kappa shape index (κ3) is 3.87. The van der Waals surface area contributed by atoms with E-state index >= 15 is 0 Å². The number of benzene rings is 2. The van der Waals surface area contributed by atoms with Crippen molar-refractivity contribution >= 4 is 34.6 Å². The smallest absolute Gasteiger partial charge is 0.255 e. The van der Waals surface area contributed by atoms with Crippen molar-refractivity contribution in [1.82, 2.24) is 20.2 Å². The summed E-state index contributed by atoms with van der Waals surface area (Å²) < 4.78 is 0. The van der Waals surface area contributed by atoms with Crippen LogP contribution in [0.1, 0.15) is 41.1 Å². The van der Waals surface area contributed by atoms with Crippen LogP contribution in [0.2, 0.25) is 0 Å². The molecule has 1 aromatic heterocycles. The van der Waals surface area contributed by atoms with Crippen molar-refractivity contribution in [1.29, 1.82) is 0 Å². The molecule has 4 rings (SSSR count). The number of carbonyl (C=O) groups is 2. The molecule has 2 heterocycles. The van der Waals surface area contributed by atoms with Crippen LogP contribution in [0, 0.1) is 0 Å². The van der Waals surface area contributed by atoms with Crippen LogP contribution in [-0.2, 0) is 11.3 Å². The Bertz CT molecular complexity index is 1010. The summed E-state index contributed by atoms with van der Waals surface area (Å²) in [6, 6.07) is 14.6. The molecule has 1 aliphatic heterocycles. The number of rotatable bonds is 7. The van der Waals surface area contributed by atoms with Gasteiger partial charge in [0.25, 0.3) is 5.91 Å². The average molecular weight is 409 g/mol. The van der Waals surface area contributed by atoms with Gasteiger partial charge in [-0.05, 0) is 49.1 Å². The van der Waals surface area contributed by atoms with E-state index in [9.17, 15) is 9.59 Å². The molecule has 2 aromatic carbocycles. The molecule has 6 nitrogen and oxygen atoms in total. The zero-order valence-corrected chi connectivity index (χ0v) is 17.3. The van der Waals surface area contributed by atoms with E-state index in [-0.39, 0.29) is 17.9 Å². The quantitative estimate of drug-likeness (QED) is 0.627. The van der Waals surface area contributed by atoms with Crippen molar-refractivity contribution in [3.05, 3.63) is 65.5 Å². The number of nitrogens with zero attached hydrogens (tertiary/aromatic N) is 2. The van der Waals surface area contributed by atoms with E-state index in [0.717, 1.165) is 34.6 Å². The first-order valence-corrected chi connectivity index (χ1v) is 11.1. The molecule has 2 amide bonds. The summed E-state index contributed by atoms with van der Waals surface area (Å²) in [6.45, 7) is 2.24. The molecule has 0 spiro atoms. The highest BCUT2D eigenvalue weighted by molar-refractivity contribution is 7.98. The number of amides is 2. The second-order valence-corrected chi connectivity index (χ2v) is 8.23. The molecular weight excluding hydrogens is 384 g/mol. The summed E-state index contributed by atoms with van der Waals surface area (Å²) in [5, 5.41) is 3.11. The van der Waals surface area contributed by atoms with Crippen molar-refractivity contribution in [2.75, 3.05) is 12.0 Å². The molecule has 1 aliphatic rings. The van der Waals surface area contributed by atoms with E-state index in [1.54, 1.807) is 23.6 Å². The minimum absolute atomic E-state index is 0.0901. The molecule has 0 fully saturated rings. The second kappa shape index (κ2) is 8.29. The molecule has 0 saturated carbocycles. The summed E-state index contributed by atoms with van der Waals surface area (Å²) >= 11 is 1.73. The number of aromatic nitrogens is 2. The van der Waals surface area contributed by atoms with Crippen molar-refractivity contribution in [2.45, 2.75) is 32.0 Å². The maximum Gasteiger partial charge on any atom is 0.255 e. The summed E-state index contributed by atoms with van der Waals surface area (Å²) in [5.74, 6) is 1.38. The van der Waals surface area contributed by atoms with Crippen LogP contribution in [0.25, 0.3) is 11.0 Å². The average Bonchev–Trinajstić information content (AvgIpc) is 3.32. The highest BCUT2D eigenvalue weighted by atomic mass is 32.2. The zero-order chi connectivity index (χ0) is 20.4. The summed E-state index contributed by atoms with van der Waals surface area (Å²) in [7, 11) is 0. The third-order valence-electron chi connectivity index (χ3n) is 5.36. The lowest BCUT2D eigenvalue weighted by atomic mass is 10.1. The van der Waals surface area contributed by atoms with Gasteiger partial charge in [0, 0.05) is 12.1 Å². The van der Waals surface area contributed by atoms with Gasteiger partial charge in [0.15, 0.2) is 0 Å². The predicted molar refractivity (Wildman–Crippen MR) is 116 cm³/mol. The van der Waals surface area contributed by atoms with Gasteiger partial charge in [-0.3, -0.25) is 9.59 Å². The van der Waals surface area contributed by atoms with E-state index in [0.29, 0.717) is 12.1 Å². The minimum atomic E-state index is -0.559. The van der Waals surface area contributed by atoms with Gasteiger partial charge in [0.2, 0.25) is 5.91 Å². The topological polar surface area (TPSA) is 78.1 Å². The number of para-hydroxylation sites is 2. The van der Waals surface area contributed by atoms with Gasteiger partial charge in [0.05, 0.1) is 17.1 Å². The maximum absolute atomic E-state index is 13.0. The third-order valence-corrected chi connectivity index (χ3v) is 6.01. The normalized spacial score (nSPS) is 15.4. The lowest BCUT2D eigenvalue weighted by Gasteiger charge is -2.26. The lowest BCUT2D eigenvalue weighted by molar-refractivity contribution is -0.126. The van der Waals surface area contributed by atoms with Gasteiger partial charge >= 0.3 is 0 Å². The van der Waals surface area contributed by atoms with Crippen molar-refractivity contribution in [3.63, 3.8) is 0 Å². The number of imidazole rings is 1. The van der Waals surface area contributed by atoms with E-state index in [1.807, 2.05) is 54.8 Å². The van der Waals surface area contributed by atoms with Gasteiger partial charge in [-0.25, -0.2) is 4.98 Å². The number of carbonyl (C=O) groups excluding carboxylic acids is 2. The molecule has 7 heteroatoms. The van der Waals surface area contributed by atoms with E-state index in [4.69, 9.17) is 0 Å². The van der Waals surface area contributed by atoms with E-state index in [1.165, 1.54) is 0 Å². The first kappa shape index (κ1) is 19.5. The van der Waals surface area contributed by atoms with Crippen LogP contribution in [-0.4, -0.2) is 44.7 Å². The number of thioether (sulfide) groups is 1. The summed E-state index contributed by atoms with van der Waals surface area (Å²) in [4.78, 5) is 35.4. The predicted octanol–water partition coefficient (Wildman–Crippen LogP) is 3.52. The van der Waals surface area contributed by atoms with Gasteiger partial charge in [0.1, 0.15) is 11.9 Å². The molecule has 150 valence electrons. The number of fused-ring (bicyclic) bond motifs is 2. The molecule has 2 atom stereocenters. The monoisotopic (exact) mass is 408 g/mol. The summed E-state index contributed by atoms with van der Waals surface area (Å²) in [5.41, 5.74) is 3.48. The fourth-order valence-electron chi connectivity index (χ4n) is 3.67. The molecule has 0 bridgehead atoms. The Hall–Kier alpha value is -2.80. The Morgan fingerprint density at radius 2 is 2.00 bits per heavy atom. The molecule has 3 aromatic rings. The highest BCUT2D eigenvalue weighted by Gasteiger charge is 2.34. The number of hydrogen-bond acceptors (Lipinski definition) is 4. The number of aromatic amines is 1. The first-order chi connectivity index (χ1) is 14.1. The minimum Gasteiger partial charge on any atom is -0.344 e. The van der Waals surface area contributed by atoms with Crippen molar-refractivity contribution in [3.8, 4) is 0 Å². The molecule has 2 N–H and O–H groups in total. The molecule has 29 heavy (non-hydrogen) atoms. The molecular formula is C22H24N4O2S. The first-order valence-electron chi connectivity index (χ1n) is 9.71. The fourth-order valence-corrected chi connectivity index (χ4v) is 4.15. The Morgan fingerprint density at radius 1 is 1.24 bits per heavy atom. The highest BCUT2D eigenvalue weighted by Crippen LogP contribution is 2.25. The van der Waals surface area contributed by atoms with Gasteiger partial charge in [-0.15, -0.1) is 0 Å². The summed E-state index contributed by atoms with van der Waals surface area (Å²) in [6.07, 6.45) is 2.80. The van der Waals surface area contributed by atoms with Crippen LogP contribution in [0.15, 0.2) is 48.5 Å². The number of nitrogens with one attached hydrogen (secondary N) is 2. The van der Waals surface area contributed by atoms with Crippen LogP contribution < -0.4 is 5.32 Å². The molecule has 0 saturated heterocycles. The van der Waals surface area contributed by atoms with E-state index in [2.05, 4.69) is 15.3 Å². The SMILES string of the molecule is CSCC[C@H](NC(=O)[C@H](C)N1Cc2ccccc2C1=O)c1nc2ccccc2[nH]1. The van der Waals surface area contributed by atoms with Crippen molar-refractivity contribution in [2.24, 2.45) is 0 Å². The standard InChI is InChI=1S/C22H24N4O2S/c1-14(26-13-15-7-3-4-8-16(15)22(26)28)21(27)25-19(11-12-29-2)20-23-17-9-5-6-10-18(17)24-20/h3-10,14,19H,11-13H2,1-2H3,(H,23,24)(H,25,27)/t14-,19-/m0/s1.